The molecule has 3 aromatic heterocycles. The van der Waals surface area contributed by atoms with E-state index in [1.54, 1.807) is 6.20 Å². The van der Waals surface area contributed by atoms with Crippen LogP contribution in [0.1, 0.15) is 29.7 Å². The van der Waals surface area contributed by atoms with Crippen molar-refractivity contribution in [2.24, 2.45) is 0 Å². The minimum atomic E-state index is -4.75. The third-order valence-corrected chi connectivity index (χ3v) is 8.69. The van der Waals surface area contributed by atoms with Crippen molar-refractivity contribution < 1.29 is 27.5 Å². The van der Waals surface area contributed by atoms with Gasteiger partial charge < -0.3 is 25.6 Å². The van der Waals surface area contributed by atoms with Crippen LogP contribution in [0.25, 0.3) is 0 Å². The molecular weight excluding hydrogens is 672 g/mol. The smallest absolute Gasteiger partial charge is 0.406 e. The van der Waals surface area contributed by atoms with Gasteiger partial charge >= 0.3 is 6.36 Å². The first-order chi connectivity index (χ1) is 23.1. The van der Waals surface area contributed by atoms with Gasteiger partial charge in [-0.1, -0.05) is 70.4 Å². The highest BCUT2D eigenvalue weighted by Gasteiger charge is 2.31. The maximum atomic E-state index is 12.6. The van der Waals surface area contributed by atoms with E-state index in [0.29, 0.717) is 51.3 Å². The fraction of sp³-hybridized carbons (Fsp3) is 0.310. The number of ether oxygens (including phenoxy) is 1. The van der Waals surface area contributed by atoms with Gasteiger partial charge in [-0.3, -0.25) is 9.59 Å². The van der Waals surface area contributed by atoms with Crippen molar-refractivity contribution in [2.45, 2.75) is 44.6 Å². The Labute approximate surface area is 279 Å². The number of carbonyl (C=O) groups excluding carboxylic acids is 2. The quantitative estimate of drug-likeness (QED) is 0.160. The van der Waals surface area contributed by atoms with Crippen LogP contribution in [0.4, 0.5) is 33.7 Å². The number of amides is 2. The van der Waals surface area contributed by atoms with E-state index in [2.05, 4.69) is 56.3 Å². The number of nitrogens with one attached hydrogen (secondary N) is 3. The summed E-state index contributed by atoms with van der Waals surface area (Å²) in [4.78, 5) is 27.0. The fourth-order valence-electron chi connectivity index (χ4n) is 4.83. The van der Waals surface area contributed by atoms with Crippen molar-refractivity contribution in [3.63, 3.8) is 0 Å². The zero-order chi connectivity index (χ0) is 33.5. The van der Waals surface area contributed by atoms with Gasteiger partial charge in [-0.15, -0.1) is 38.7 Å². The van der Waals surface area contributed by atoms with E-state index in [1.807, 2.05) is 30.3 Å². The number of alkyl halides is 3. The molecule has 5 aromatic rings. The SMILES string of the molecule is O=C(Cc1ccccc1)Nc1nnc(N[C@H]2CCN(c3nnc(NC(=O)CCc4cn(Cc5ccc(OC(F)(F)F)cc5)nn4)s3)C2)s1. The number of hydrogen-bond acceptors (Lipinski definition) is 13. The maximum Gasteiger partial charge on any atom is 0.573 e. The topological polar surface area (TPSA) is 165 Å². The highest BCUT2D eigenvalue weighted by atomic mass is 32.1. The lowest BCUT2D eigenvalue weighted by Gasteiger charge is -2.14. The largest absolute Gasteiger partial charge is 0.573 e. The number of halogens is 3. The summed E-state index contributed by atoms with van der Waals surface area (Å²) in [6, 6.07) is 15.0. The first-order valence-electron chi connectivity index (χ1n) is 14.7. The molecule has 0 radical (unpaired) electrons. The van der Waals surface area contributed by atoms with Gasteiger partial charge in [0.1, 0.15) is 5.75 Å². The summed E-state index contributed by atoms with van der Waals surface area (Å²) in [7, 11) is 0. The minimum absolute atomic E-state index is 0.0870. The fourth-order valence-corrected chi connectivity index (χ4v) is 6.37. The number of anilines is 4. The van der Waals surface area contributed by atoms with Gasteiger partial charge in [0.05, 0.1) is 18.7 Å². The van der Waals surface area contributed by atoms with E-state index >= 15 is 0 Å². The number of nitrogens with zero attached hydrogens (tertiary/aromatic N) is 8. The van der Waals surface area contributed by atoms with Crippen LogP contribution in [-0.2, 0) is 29.0 Å². The number of aromatic nitrogens is 7. The second-order valence-electron chi connectivity index (χ2n) is 10.7. The van der Waals surface area contributed by atoms with Gasteiger partial charge in [-0.25, -0.2) is 4.68 Å². The summed E-state index contributed by atoms with van der Waals surface area (Å²) in [5.41, 5.74) is 2.21. The third-order valence-electron chi connectivity index (χ3n) is 7.02. The molecule has 48 heavy (non-hydrogen) atoms. The molecule has 0 saturated carbocycles. The van der Waals surface area contributed by atoms with Crippen molar-refractivity contribution in [1.82, 2.24) is 35.4 Å². The van der Waals surface area contributed by atoms with Crippen LogP contribution in [0.3, 0.4) is 0 Å². The van der Waals surface area contributed by atoms with E-state index < -0.39 is 6.36 Å². The molecule has 0 aliphatic carbocycles. The zero-order valence-electron chi connectivity index (χ0n) is 25.1. The molecule has 1 aliphatic heterocycles. The number of hydrogen-bond donors (Lipinski definition) is 3. The average molecular weight is 700 g/mol. The molecule has 1 atom stereocenters. The number of aryl methyl sites for hydroxylation is 1. The Hall–Kier alpha value is -5.17. The van der Waals surface area contributed by atoms with Crippen molar-refractivity contribution >= 4 is 55.0 Å². The molecule has 3 N–H and O–H groups in total. The summed E-state index contributed by atoms with van der Waals surface area (Å²) >= 11 is 2.55. The Morgan fingerprint density at radius 2 is 1.60 bits per heavy atom. The molecular formula is C29H28F3N11O3S2. The molecule has 14 nitrogen and oxygen atoms in total. The van der Waals surface area contributed by atoms with Crippen LogP contribution in [0.5, 0.6) is 5.75 Å². The highest BCUT2D eigenvalue weighted by molar-refractivity contribution is 7.19. The summed E-state index contributed by atoms with van der Waals surface area (Å²) in [6.07, 6.45) is -1.51. The van der Waals surface area contributed by atoms with Crippen LogP contribution in [-0.4, -0.2) is 72.7 Å². The van der Waals surface area contributed by atoms with E-state index in [0.717, 1.165) is 18.5 Å². The van der Waals surface area contributed by atoms with Crippen molar-refractivity contribution in [3.8, 4) is 5.75 Å². The van der Waals surface area contributed by atoms with Crippen LogP contribution in [0.15, 0.2) is 60.8 Å². The summed E-state index contributed by atoms with van der Waals surface area (Å²) in [6.45, 7) is 1.68. The lowest BCUT2D eigenvalue weighted by molar-refractivity contribution is -0.274. The molecule has 0 bridgehead atoms. The van der Waals surface area contributed by atoms with Gasteiger partial charge in [0.25, 0.3) is 0 Å². The molecule has 6 rings (SSSR count). The van der Waals surface area contributed by atoms with Crippen LogP contribution < -0.4 is 25.6 Å². The van der Waals surface area contributed by atoms with Crippen LogP contribution >= 0.6 is 22.7 Å². The standard InChI is InChI=1S/C29H28F3N11O3S2/c30-29(31,32)46-22-9-6-19(7-10-22)15-43-17-21(36-41-43)8-11-23(44)34-27-39-40-28(48-27)42-13-12-20(16-42)33-25-37-38-26(47-25)35-24(45)14-18-4-2-1-3-5-18/h1-7,9-10,17,20H,8,11-16H2,(H,33,37)(H,34,39,44)(H,35,38,45)/t20-/m0/s1. The Bertz CT molecular complexity index is 1830. The Balaban J connectivity index is 0.912. The number of carbonyl (C=O) groups is 2. The molecule has 4 heterocycles. The molecule has 1 aliphatic rings. The molecule has 250 valence electrons. The molecule has 2 aromatic carbocycles. The highest BCUT2D eigenvalue weighted by Crippen LogP contribution is 2.29. The Morgan fingerprint density at radius 3 is 2.40 bits per heavy atom. The first-order valence-corrected chi connectivity index (χ1v) is 16.3. The molecule has 0 unspecified atom stereocenters. The van der Waals surface area contributed by atoms with E-state index in [4.69, 9.17) is 0 Å². The van der Waals surface area contributed by atoms with Crippen LogP contribution in [0, 0.1) is 0 Å². The van der Waals surface area contributed by atoms with E-state index in [-0.39, 0.29) is 36.4 Å². The molecule has 0 spiro atoms. The van der Waals surface area contributed by atoms with Crippen LogP contribution in [0.2, 0.25) is 0 Å². The van der Waals surface area contributed by atoms with Gasteiger partial charge in [0, 0.05) is 38.2 Å². The van der Waals surface area contributed by atoms with Crippen molar-refractivity contribution in [2.75, 3.05) is 33.9 Å². The number of rotatable bonds is 13. The average Bonchev–Trinajstić information content (AvgIpc) is 3.86. The monoisotopic (exact) mass is 699 g/mol. The Kier molecular flexibility index (Phi) is 10.0. The normalized spacial score (nSPS) is 14.6. The molecule has 1 fully saturated rings. The van der Waals surface area contributed by atoms with Crippen molar-refractivity contribution in [3.05, 3.63) is 77.6 Å². The second kappa shape index (κ2) is 14.7. The van der Waals surface area contributed by atoms with E-state index in [1.165, 1.54) is 51.6 Å². The second-order valence-corrected chi connectivity index (χ2v) is 12.7. The molecule has 19 heteroatoms. The molecule has 2 amide bonds. The first kappa shape index (κ1) is 32.8. The third kappa shape index (κ3) is 9.44. The van der Waals surface area contributed by atoms with Gasteiger partial charge in [-0.05, 0) is 29.7 Å². The Morgan fingerprint density at radius 1 is 0.875 bits per heavy atom. The van der Waals surface area contributed by atoms with Crippen molar-refractivity contribution in [1.29, 1.82) is 0 Å². The van der Waals surface area contributed by atoms with Gasteiger partial charge in [-0.2, -0.15) is 0 Å². The summed E-state index contributed by atoms with van der Waals surface area (Å²) in [5, 5.41) is 35.7. The predicted molar refractivity (Wildman–Crippen MR) is 172 cm³/mol. The summed E-state index contributed by atoms with van der Waals surface area (Å²) < 4.78 is 42.5. The lowest BCUT2D eigenvalue weighted by atomic mass is 10.1. The number of benzene rings is 2. The van der Waals surface area contributed by atoms with E-state index in [9.17, 15) is 22.8 Å². The molecule has 1 saturated heterocycles. The zero-order valence-corrected chi connectivity index (χ0v) is 26.7. The minimum Gasteiger partial charge on any atom is -0.406 e. The maximum absolute atomic E-state index is 12.6. The predicted octanol–water partition coefficient (Wildman–Crippen LogP) is 4.37. The van der Waals surface area contributed by atoms with Gasteiger partial charge in [0.2, 0.25) is 32.3 Å². The van der Waals surface area contributed by atoms with Gasteiger partial charge in [0.15, 0.2) is 0 Å². The summed E-state index contributed by atoms with van der Waals surface area (Å²) in [5.74, 6) is -0.717. The lowest BCUT2D eigenvalue weighted by Crippen LogP contribution is -2.25.